The first-order valence-electron chi connectivity index (χ1n) is 1.90. The van der Waals surface area contributed by atoms with E-state index in [4.69, 9.17) is 5.41 Å². The van der Waals surface area contributed by atoms with Gasteiger partial charge in [-0.25, -0.2) is 5.41 Å². The first kappa shape index (κ1) is 6.72. The van der Waals surface area contributed by atoms with Gasteiger partial charge in [0, 0.05) is 0 Å². The normalized spacial score (nSPS) is 7.00. The number of carbonyl (C=O) groups is 2. The molecule has 0 atom stereocenters. The number of nitrogens with zero attached hydrogens (tertiary/aromatic N) is 1. The van der Waals surface area contributed by atoms with Crippen molar-refractivity contribution in [1.82, 2.24) is 0 Å². The third kappa shape index (κ3) is 2.93. The molecular formula is C4H4N2O2. The monoisotopic (exact) mass is 112 g/mol. The van der Waals surface area contributed by atoms with Crippen LogP contribution in [0.1, 0.15) is 6.42 Å². The summed E-state index contributed by atoms with van der Waals surface area (Å²) < 4.78 is 0. The molecule has 0 saturated heterocycles. The van der Waals surface area contributed by atoms with Crippen molar-refractivity contribution >= 4 is 18.2 Å². The standard InChI is InChI=1S/C4H4N2O2/c5-3-6-4(8)1-2-7/h2,5H,1H2. The lowest BCUT2D eigenvalue weighted by Gasteiger charge is -1.74. The average molecular weight is 112 g/mol. The van der Waals surface area contributed by atoms with Gasteiger partial charge in [-0.15, -0.1) is 4.99 Å². The molecule has 0 rings (SSSR count). The summed E-state index contributed by atoms with van der Waals surface area (Å²) in [6.45, 7) is 0. The average Bonchev–Trinajstić information content (AvgIpc) is 1.68. The fraction of sp³-hybridized carbons (Fsp3) is 0.250. The van der Waals surface area contributed by atoms with Crippen molar-refractivity contribution in [3.8, 4) is 0 Å². The number of hydrogen-bond acceptors (Lipinski definition) is 3. The molecule has 1 N–H and O–H groups in total. The Bertz CT molecular complexity index is 146. The first-order valence-corrected chi connectivity index (χ1v) is 1.90. The van der Waals surface area contributed by atoms with Crippen LogP contribution in [-0.2, 0) is 9.59 Å². The molecule has 4 nitrogen and oxygen atoms in total. The van der Waals surface area contributed by atoms with Crippen molar-refractivity contribution < 1.29 is 9.59 Å². The molecule has 1 amide bonds. The maximum absolute atomic E-state index is 10.1. The Kier molecular flexibility index (Phi) is 3.27. The van der Waals surface area contributed by atoms with Gasteiger partial charge in [-0.3, -0.25) is 4.79 Å². The summed E-state index contributed by atoms with van der Waals surface area (Å²) in [6, 6.07) is 1.52. The fourth-order valence-corrected chi connectivity index (χ4v) is 0.179. The molecule has 42 valence electrons. The molecule has 0 aliphatic carbocycles. The summed E-state index contributed by atoms with van der Waals surface area (Å²) in [5, 5.41) is 6.16. The van der Waals surface area contributed by atoms with Gasteiger partial charge in [0.15, 0.2) is 0 Å². The highest BCUT2D eigenvalue weighted by molar-refractivity contribution is 5.91. The topological polar surface area (TPSA) is 70.3 Å². The molecule has 8 heavy (non-hydrogen) atoms. The summed E-state index contributed by atoms with van der Waals surface area (Å²) in [5.74, 6) is -0.630. The van der Waals surface area contributed by atoms with E-state index < -0.39 is 5.91 Å². The number of carbonyl (C=O) groups excluding carboxylic acids is 2. The van der Waals surface area contributed by atoms with Gasteiger partial charge < -0.3 is 4.79 Å². The molecule has 0 saturated carbocycles. The van der Waals surface area contributed by atoms with Crippen LogP contribution in [0.2, 0.25) is 0 Å². The summed E-state index contributed by atoms with van der Waals surface area (Å²) >= 11 is 0. The number of aldehydes is 1. The predicted molar refractivity (Wildman–Crippen MR) is 25.8 cm³/mol. The lowest BCUT2D eigenvalue weighted by Crippen LogP contribution is -1.91. The van der Waals surface area contributed by atoms with Crippen molar-refractivity contribution in [2.45, 2.75) is 6.42 Å². The largest absolute Gasteiger partial charge is 0.303 e. The van der Waals surface area contributed by atoms with Crippen LogP contribution in [0.25, 0.3) is 0 Å². The van der Waals surface area contributed by atoms with Gasteiger partial charge in [0.1, 0.15) is 6.29 Å². The van der Waals surface area contributed by atoms with Crippen LogP contribution in [0.4, 0.5) is 0 Å². The zero-order valence-corrected chi connectivity index (χ0v) is 4.05. The highest BCUT2D eigenvalue weighted by Crippen LogP contribution is 1.75. The van der Waals surface area contributed by atoms with E-state index in [0.29, 0.717) is 6.29 Å². The number of amides is 1. The van der Waals surface area contributed by atoms with E-state index in [0.717, 1.165) is 0 Å². The molecule has 0 fully saturated rings. The molecule has 0 spiro atoms. The van der Waals surface area contributed by atoms with Crippen LogP contribution in [0.3, 0.4) is 0 Å². The first-order chi connectivity index (χ1) is 3.81. The molecule has 0 aliphatic heterocycles. The smallest absolute Gasteiger partial charge is 0.262 e. The van der Waals surface area contributed by atoms with Crippen LogP contribution < -0.4 is 0 Å². The van der Waals surface area contributed by atoms with Crippen LogP contribution in [0, 0.1) is 5.41 Å². The molecule has 0 aromatic heterocycles. The van der Waals surface area contributed by atoms with Gasteiger partial charge in [0.25, 0.3) is 5.91 Å². The second-order valence-electron chi connectivity index (χ2n) is 0.988. The second-order valence-corrected chi connectivity index (χ2v) is 0.988. The van der Waals surface area contributed by atoms with Crippen molar-refractivity contribution in [2.24, 2.45) is 4.99 Å². The van der Waals surface area contributed by atoms with Gasteiger partial charge >= 0.3 is 0 Å². The minimum absolute atomic E-state index is 0.258. The van der Waals surface area contributed by atoms with E-state index in [1.165, 1.54) is 6.01 Å². The molecule has 0 aromatic carbocycles. The lowest BCUT2D eigenvalue weighted by molar-refractivity contribution is -0.121. The van der Waals surface area contributed by atoms with Crippen LogP contribution >= 0.6 is 0 Å². The highest BCUT2D eigenvalue weighted by Gasteiger charge is 1.91. The van der Waals surface area contributed by atoms with Crippen molar-refractivity contribution in [3.05, 3.63) is 0 Å². The molecule has 0 heterocycles. The van der Waals surface area contributed by atoms with Gasteiger partial charge in [0.2, 0.25) is 0 Å². The number of nitrogens with one attached hydrogen (secondary N) is 1. The van der Waals surface area contributed by atoms with Crippen molar-refractivity contribution in [1.29, 1.82) is 5.41 Å². The quantitative estimate of drug-likeness (QED) is 0.306. The van der Waals surface area contributed by atoms with Crippen molar-refractivity contribution in [2.75, 3.05) is 0 Å². The van der Waals surface area contributed by atoms with E-state index in [1.54, 1.807) is 0 Å². The maximum atomic E-state index is 10.1. The summed E-state index contributed by atoms with van der Waals surface area (Å²) in [5.41, 5.74) is 0. The number of aliphatic imine (C=N–C) groups is 1. The molecule has 0 radical (unpaired) electrons. The minimum atomic E-state index is -0.630. The molecular weight excluding hydrogens is 108 g/mol. The van der Waals surface area contributed by atoms with E-state index >= 15 is 0 Å². The Morgan fingerprint density at radius 1 is 1.88 bits per heavy atom. The number of hydrogen-bond donors (Lipinski definition) is 1. The second kappa shape index (κ2) is 3.89. The zero-order chi connectivity index (χ0) is 6.41. The predicted octanol–water partition coefficient (Wildman–Crippen LogP) is -0.145. The molecule has 0 bridgehead atoms. The van der Waals surface area contributed by atoms with E-state index in [-0.39, 0.29) is 6.42 Å². The van der Waals surface area contributed by atoms with Gasteiger partial charge in [0.05, 0.1) is 12.4 Å². The third-order valence-electron chi connectivity index (χ3n) is 0.439. The van der Waals surface area contributed by atoms with E-state index in [2.05, 4.69) is 4.99 Å². The molecule has 4 heteroatoms. The Hall–Kier alpha value is -1.28. The molecule has 0 aliphatic rings. The van der Waals surface area contributed by atoms with E-state index in [1.807, 2.05) is 0 Å². The van der Waals surface area contributed by atoms with Gasteiger partial charge in [-0.2, -0.15) is 0 Å². The Balaban J connectivity index is 3.65. The molecule has 0 aromatic rings. The number of rotatable bonds is 2. The van der Waals surface area contributed by atoms with E-state index in [9.17, 15) is 9.59 Å². The Morgan fingerprint density at radius 2 is 2.50 bits per heavy atom. The van der Waals surface area contributed by atoms with Crippen LogP contribution in [0.5, 0.6) is 0 Å². The Morgan fingerprint density at radius 3 is 2.88 bits per heavy atom. The van der Waals surface area contributed by atoms with Crippen molar-refractivity contribution in [3.63, 3.8) is 0 Å². The summed E-state index contributed by atoms with van der Waals surface area (Å²) in [6.07, 6.45) is 0.176. The van der Waals surface area contributed by atoms with Gasteiger partial charge in [-0.05, 0) is 0 Å². The molecule has 0 unspecified atom stereocenters. The summed E-state index contributed by atoms with van der Waals surface area (Å²) in [4.78, 5) is 22.4. The van der Waals surface area contributed by atoms with Gasteiger partial charge in [-0.1, -0.05) is 0 Å². The lowest BCUT2D eigenvalue weighted by atomic mass is 10.5. The Labute approximate surface area is 45.7 Å². The van der Waals surface area contributed by atoms with Crippen LogP contribution in [-0.4, -0.2) is 18.2 Å². The van der Waals surface area contributed by atoms with Crippen LogP contribution in [0.15, 0.2) is 4.99 Å². The summed E-state index contributed by atoms with van der Waals surface area (Å²) in [7, 11) is 0. The SMILES string of the molecule is N=C=NC(=O)CC=O. The zero-order valence-electron chi connectivity index (χ0n) is 4.05. The third-order valence-corrected chi connectivity index (χ3v) is 0.439. The minimum Gasteiger partial charge on any atom is -0.303 e. The fourth-order valence-electron chi connectivity index (χ4n) is 0.179. The highest BCUT2D eigenvalue weighted by atomic mass is 16.2. The maximum Gasteiger partial charge on any atom is 0.262 e.